The maximum Gasteiger partial charge on any atom is 0.180 e. The van der Waals surface area contributed by atoms with Crippen molar-refractivity contribution in [2.75, 3.05) is 0 Å². The van der Waals surface area contributed by atoms with Crippen molar-refractivity contribution in [1.82, 2.24) is 19.7 Å². The molecule has 0 saturated carbocycles. The summed E-state index contributed by atoms with van der Waals surface area (Å²) < 4.78 is 7.35. The van der Waals surface area contributed by atoms with Gasteiger partial charge in [0.05, 0.1) is 11.0 Å². The average molecular weight is 336 g/mol. The molecule has 3 heterocycles. The molecule has 0 amide bonds. The Morgan fingerprint density at radius 1 is 1.12 bits per heavy atom. The summed E-state index contributed by atoms with van der Waals surface area (Å²) in [6, 6.07) is 12.3. The zero-order valence-electron chi connectivity index (χ0n) is 14.7. The van der Waals surface area contributed by atoms with Crippen LogP contribution in [0.25, 0.3) is 16.9 Å². The van der Waals surface area contributed by atoms with Gasteiger partial charge in [0.2, 0.25) is 0 Å². The van der Waals surface area contributed by atoms with Crippen molar-refractivity contribution in [1.29, 1.82) is 0 Å². The van der Waals surface area contributed by atoms with Gasteiger partial charge >= 0.3 is 0 Å². The minimum Gasteiger partial charge on any atom is -0.360 e. The fourth-order valence-corrected chi connectivity index (χ4v) is 3.31. The summed E-state index contributed by atoms with van der Waals surface area (Å²) in [5, 5.41) is 6.40. The predicted octanol–water partition coefficient (Wildman–Crippen LogP) is 2.53. The van der Waals surface area contributed by atoms with E-state index in [9.17, 15) is 0 Å². The fourth-order valence-electron chi connectivity index (χ4n) is 3.31. The van der Waals surface area contributed by atoms with Gasteiger partial charge in [-0.2, -0.15) is 0 Å². The molecular formula is C19H22N5O+. The van der Waals surface area contributed by atoms with E-state index in [1.807, 2.05) is 31.2 Å². The predicted molar refractivity (Wildman–Crippen MR) is 95.5 cm³/mol. The van der Waals surface area contributed by atoms with E-state index >= 15 is 0 Å². The topological polar surface area (TPSA) is 76.2 Å². The van der Waals surface area contributed by atoms with Crippen LogP contribution in [0.15, 0.2) is 40.9 Å². The van der Waals surface area contributed by atoms with E-state index in [2.05, 4.69) is 51.0 Å². The second-order valence-corrected chi connectivity index (χ2v) is 6.43. The molecule has 6 heteroatoms. The van der Waals surface area contributed by atoms with Crippen LogP contribution in [-0.2, 0) is 13.1 Å². The van der Waals surface area contributed by atoms with Crippen molar-refractivity contribution in [2.45, 2.75) is 33.9 Å². The molecule has 0 spiro atoms. The van der Waals surface area contributed by atoms with E-state index in [4.69, 9.17) is 4.52 Å². The van der Waals surface area contributed by atoms with Crippen LogP contribution in [0.2, 0.25) is 0 Å². The smallest absolute Gasteiger partial charge is 0.180 e. The van der Waals surface area contributed by atoms with Gasteiger partial charge in [0.15, 0.2) is 11.6 Å². The quantitative estimate of drug-likeness (QED) is 0.588. The minimum atomic E-state index is 0.820. The summed E-state index contributed by atoms with van der Waals surface area (Å²) >= 11 is 0. The molecule has 0 saturated heterocycles. The Morgan fingerprint density at radius 2 is 1.96 bits per heavy atom. The summed E-state index contributed by atoms with van der Waals surface area (Å²) in [6.45, 7) is 7.85. The Morgan fingerprint density at radius 3 is 2.72 bits per heavy atom. The van der Waals surface area contributed by atoms with Gasteiger partial charge in [-0.1, -0.05) is 17.3 Å². The van der Waals surface area contributed by atoms with Crippen molar-refractivity contribution < 1.29 is 9.84 Å². The molecule has 25 heavy (non-hydrogen) atoms. The van der Waals surface area contributed by atoms with Gasteiger partial charge in [-0.05, 0) is 39.0 Å². The molecule has 3 N–H and O–H groups in total. The Hall–Kier alpha value is -2.86. The summed E-state index contributed by atoms with van der Waals surface area (Å²) in [6.07, 6.45) is 0. The first-order valence-electron chi connectivity index (χ1n) is 8.48. The van der Waals surface area contributed by atoms with Crippen LogP contribution >= 0.6 is 0 Å². The second kappa shape index (κ2) is 6.22. The number of aromatic nitrogens is 4. The molecule has 3 aromatic heterocycles. The molecule has 0 radical (unpaired) electrons. The largest absolute Gasteiger partial charge is 0.360 e. The minimum absolute atomic E-state index is 0.820. The molecule has 0 aliphatic rings. The average Bonchev–Trinajstić information content (AvgIpc) is 3.26. The third-order valence-electron chi connectivity index (χ3n) is 4.52. The molecule has 6 nitrogen and oxygen atoms in total. The number of imidazole rings is 1. The number of benzene rings is 1. The Kier molecular flexibility index (Phi) is 3.89. The Labute approximate surface area is 145 Å². The monoisotopic (exact) mass is 336 g/mol. The van der Waals surface area contributed by atoms with Crippen molar-refractivity contribution in [3.8, 4) is 5.82 Å². The molecule has 1 aromatic carbocycles. The van der Waals surface area contributed by atoms with Crippen LogP contribution in [0.1, 0.15) is 28.5 Å². The van der Waals surface area contributed by atoms with Crippen LogP contribution < -0.4 is 5.32 Å². The first-order chi connectivity index (χ1) is 12.1. The number of nitrogens with two attached hydrogens (primary N) is 1. The molecule has 0 bridgehead atoms. The molecule has 128 valence electrons. The Bertz CT molecular complexity index is 991. The van der Waals surface area contributed by atoms with Gasteiger partial charge in [-0.25, -0.2) is 4.98 Å². The van der Waals surface area contributed by atoms with Crippen molar-refractivity contribution >= 4 is 11.0 Å². The maximum absolute atomic E-state index is 5.21. The third kappa shape index (κ3) is 2.96. The van der Waals surface area contributed by atoms with Crippen LogP contribution in [0.3, 0.4) is 0 Å². The van der Waals surface area contributed by atoms with Crippen molar-refractivity contribution in [3.63, 3.8) is 0 Å². The number of H-pyrrole nitrogens is 1. The van der Waals surface area contributed by atoms with E-state index in [0.717, 1.165) is 47.2 Å². The summed E-state index contributed by atoms with van der Waals surface area (Å²) in [4.78, 5) is 8.00. The first kappa shape index (κ1) is 15.7. The van der Waals surface area contributed by atoms with Crippen LogP contribution in [0, 0.1) is 20.8 Å². The van der Waals surface area contributed by atoms with E-state index in [1.54, 1.807) is 0 Å². The lowest BCUT2D eigenvalue weighted by Crippen LogP contribution is -2.81. The first-order valence-corrected chi connectivity index (χ1v) is 8.48. The summed E-state index contributed by atoms with van der Waals surface area (Å²) in [7, 11) is 0. The number of fused-ring (bicyclic) bond motifs is 1. The molecule has 0 fully saturated rings. The lowest BCUT2D eigenvalue weighted by molar-refractivity contribution is -0.687. The van der Waals surface area contributed by atoms with Gasteiger partial charge in [0, 0.05) is 23.0 Å². The zero-order valence-corrected chi connectivity index (χ0v) is 14.7. The highest BCUT2D eigenvalue weighted by atomic mass is 16.5. The number of nitrogens with zero attached hydrogens (tertiary/aromatic N) is 3. The lowest BCUT2D eigenvalue weighted by Gasteiger charge is -2.05. The van der Waals surface area contributed by atoms with Gasteiger partial charge < -0.3 is 14.8 Å². The number of nitrogens with one attached hydrogen (secondary N) is 1. The van der Waals surface area contributed by atoms with E-state index in [0.29, 0.717) is 0 Å². The van der Waals surface area contributed by atoms with E-state index < -0.39 is 0 Å². The number of aromatic amines is 1. The molecule has 0 aliphatic carbocycles. The maximum atomic E-state index is 5.21. The molecule has 0 aliphatic heterocycles. The number of para-hydroxylation sites is 2. The van der Waals surface area contributed by atoms with Gasteiger partial charge in [0.1, 0.15) is 18.8 Å². The highest BCUT2D eigenvalue weighted by molar-refractivity contribution is 5.74. The van der Waals surface area contributed by atoms with Gasteiger partial charge in [-0.15, -0.1) is 0 Å². The van der Waals surface area contributed by atoms with Crippen molar-refractivity contribution in [3.05, 3.63) is 64.9 Å². The fraction of sp³-hybridized carbons (Fsp3) is 0.263. The van der Waals surface area contributed by atoms with Crippen LogP contribution in [0.4, 0.5) is 0 Å². The normalized spacial score (nSPS) is 11.5. The zero-order chi connectivity index (χ0) is 17.4. The lowest BCUT2D eigenvalue weighted by atomic mass is 10.2. The van der Waals surface area contributed by atoms with Gasteiger partial charge in [0.25, 0.3) is 0 Å². The number of hydrogen-bond acceptors (Lipinski definition) is 3. The number of quaternary nitrogens is 1. The number of aryl methyl sites for hydroxylation is 2. The summed E-state index contributed by atoms with van der Waals surface area (Å²) in [5.74, 6) is 2.67. The van der Waals surface area contributed by atoms with Crippen LogP contribution in [-0.4, -0.2) is 19.7 Å². The number of rotatable bonds is 5. The molecule has 0 atom stereocenters. The Balaban J connectivity index is 1.48. The molecule has 4 aromatic rings. The van der Waals surface area contributed by atoms with E-state index in [-0.39, 0.29) is 0 Å². The number of hydrogen-bond donors (Lipinski definition) is 2. The van der Waals surface area contributed by atoms with Gasteiger partial charge in [-0.3, -0.25) is 4.57 Å². The SMILES string of the molecule is Cc1cc(-n2c(C)cc(C[NH2+]Cc3nc4ccccc4[nH]3)c2C)no1. The standard InChI is InChI=1S/C19H21N5O/c1-12-8-15(14(3)24(12)19-9-13(2)25-23-19)10-20-11-18-21-16-6-4-5-7-17(16)22-18/h4-9,20H,10-11H2,1-3H3,(H,21,22)/p+1. The van der Waals surface area contributed by atoms with Crippen LogP contribution in [0.5, 0.6) is 0 Å². The highest BCUT2D eigenvalue weighted by Gasteiger charge is 2.14. The third-order valence-corrected chi connectivity index (χ3v) is 4.52. The highest BCUT2D eigenvalue weighted by Crippen LogP contribution is 2.20. The molecular weight excluding hydrogens is 314 g/mol. The van der Waals surface area contributed by atoms with Crippen molar-refractivity contribution in [2.24, 2.45) is 0 Å². The second-order valence-electron chi connectivity index (χ2n) is 6.43. The summed E-state index contributed by atoms with van der Waals surface area (Å²) in [5.41, 5.74) is 5.77. The molecule has 4 rings (SSSR count). The molecule has 0 unspecified atom stereocenters. The van der Waals surface area contributed by atoms with E-state index in [1.165, 1.54) is 11.3 Å².